The Kier molecular flexibility index (Phi) is 4.90. The maximum Gasteiger partial charge on any atom is 0.167 e. The summed E-state index contributed by atoms with van der Waals surface area (Å²) in [6.45, 7) is 1.84. The van der Waals surface area contributed by atoms with Crippen LogP contribution < -0.4 is 0 Å². The third-order valence-corrected chi connectivity index (χ3v) is 4.23. The number of halogens is 2. The quantitative estimate of drug-likeness (QED) is 0.734. The van der Waals surface area contributed by atoms with E-state index in [0.29, 0.717) is 12.0 Å². The number of benzene rings is 1. The van der Waals surface area contributed by atoms with Gasteiger partial charge in [-0.05, 0) is 30.9 Å². The van der Waals surface area contributed by atoms with Crippen LogP contribution in [0.3, 0.4) is 0 Å². The molecule has 20 heavy (non-hydrogen) atoms. The van der Waals surface area contributed by atoms with E-state index in [0.717, 1.165) is 5.56 Å². The number of phenolic OH excluding ortho intramolecular Hbond substituents is 1. The SMILES string of the molecule is C1=CCCC=C1.CC1Cc2cc(O)c(Cl)c(Cl)c2C1=O. The van der Waals surface area contributed by atoms with Crippen LogP contribution in [0.4, 0.5) is 0 Å². The molecule has 0 aromatic heterocycles. The molecule has 0 radical (unpaired) electrons. The van der Waals surface area contributed by atoms with Gasteiger partial charge in [-0.3, -0.25) is 4.79 Å². The van der Waals surface area contributed by atoms with Gasteiger partial charge in [0.1, 0.15) is 10.8 Å². The predicted molar refractivity (Wildman–Crippen MR) is 82.8 cm³/mol. The largest absolute Gasteiger partial charge is 0.506 e. The second-order valence-electron chi connectivity index (χ2n) is 4.96. The van der Waals surface area contributed by atoms with E-state index in [4.69, 9.17) is 23.2 Å². The molecule has 0 bridgehead atoms. The van der Waals surface area contributed by atoms with E-state index in [1.54, 1.807) is 0 Å². The van der Waals surface area contributed by atoms with Gasteiger partial charge in [0.25, 0.3) is 0 Å². The monoisotopic (exact) mass is 310 g/mol. The highest BCUT2D eigenvalue weighted by Crippen LogP contribution is 2.41. The summed E-state index contributed by atoms with van der Waals surface area (Å²) in [4.78, 5) is 11.7. The molecule has 0 spiro atoms. The predicted octanol–water partition coefficient (Wildman–Crippen LogP) is 4.97. The van der Waals surface area contributed by atoms with Crippen LogP contribution in [0.25, 0.3) is 0 Å². The van der Waals surface area contributed by atoms with Gasteiger partial charge in [0, 0.05) is 11.5 Å². The molecule has 3 rings (SSSR count). The normalized spacial score (nSPS) is 19.6. The lowest BCUT2D eigenvalue weighted by Crippen LogP contribution is -2.03. The molecule has 4 heteroatoms. The Bertz CT molecular complexity index is 577. The fourth-order valence-electron chi connectivity index (χ4n) is 2.30. The number of carbonyl (C=O) groups excluding carboxylic acids is 1. The molecule has 0 saturated carbocycles. The lowest BCUT2D eigenvalue weighted by Gasteiger charge is -2.04. The summed E-state index contributed by atoms with van der Waals surface area (Å²) < 4.78 is 0. The van der Waals surface area contributed by atoms with E-state index in [2.05, 4.69) is 24.3 Å². The summed E-state index contributed by atoms with van der Waals surface area (Å²) in [5.41, 5.74) is 1.26. The lowest BCUT2D eigenvalue weighted by atomic mass is 10.1. The van der Waals surface area contributed by atoms with Crippen LogP contribution in [0, 0.1) is 5.92 Å². The number of hydrogen-bond donors (Lipinski definition) is 1. The second-order valence-corrected chi connectivity index (χ2v) is 5.72. The van der Waals surface area contributed by atoms with Crippen LogP contribution >= 0.6 is 23.2 Å². The number of aromatic hydroxyl groups is 1. The summed E-state index contributed by atoms with van der Waals surface area (Å²) >= 11 is 11.6. The number of phenols is 1. The smallest absolute Gasteiger partial charge is 0.167 e. The van der Waals surface area contributed by atoms with Crippen molar-refractivity contribution in [2.75, 3.05) is 0 Å². The standard InChI is InChI=1S/C10H8Cl2O2.C6H8/c1-4-2-5-3-6(13)8(11)9(12)7(5)10(4)14;1-2-4-6-5-3-1/h3-4,13H,2H2,1H3;1-4H,5-6H2. The molecule has 0 aliphatic heterocycles. The molecule has 2 aliphatic rings. The number of ketones is 1. The minimum atomic E-state index is -0.0691. The van der Waals surface area contributed by atoms with E-state index >= 15 is 0 Å². The van der Waals surface area contributed by atoms with Crippen molar-refractivity contribution in [2.45, 2.75) is 26.2 Å². The fraction of sp³-hybridized carbons (Fsp3) is 0.312. The molecule has 0 saturated heterocycles. The molecule has 1 atom stereocenters. The molecule has 0 heterocycles. The molecule has 2 nitrogen and oxygen atoms in total. The first-order valence-corrected chi connectivity index (χ1v) is 7.33. The number of carbonyl (C=O) groups is 1. The number of fused-ring (bicyclic) bond motifs is 1. The highest BCUT2D eigenvalue weighted by Gasteiger charge is 2.31. The van der Waals surface area contributed by atoms with Gasteiger partial charge in [-0.15, -0.1) is 0 Å². The van der Waals surface area contributed by atoms with Gasteiger partial charge < -0.3 is 5.11 Å². The molecule has 1 aromatic carbocycles. The summed E-state index contributed by atoms with van der Waals surface area (Å²) in [7, 11) is 0. The molecular weight excluding hydrogens is 295 g/mol. The Morgan fingerprint density at radius 1 is 1.15 bits per heavy atom. The average molecular weight is 311 g/mol. The molecule has 0 fully saturated rings. The topological polar surface area (TPSA) is 37.3 Å². The molecule has 1 aromatic rings. The first kappa shape index (κ1) is 15.1. The number of Topliss-reactive ketones (excluding diaryl/α,β-unsaturated/α-hetero) is 1. The van der Waals surface area contributed by atoms with Crippen molar-refractivity contribution < 1.29 is 9.90 Å². The Morgan fingerprint density at radius 2 is 1.75 bits per heavy atom. The molecule has 106 valence electrons. The van der Waals surface area contributed by atoms with E-state index in [1.165, 1.54) is 18.9 Å². The van der Waals surface area contributed by atoms with E-state index in [-0.39, 0.29) is 27.5 Å². The molecule has 1 unspecified atom stereocenters. The minimum absolute atomic E-state index is 0.00639. The summed E-state index contributed by atoms with van der Waals surface area (Å²) in [5, 5.41) is 9.65. The van der Waals surface area contributed by atoms with Crippen molar-refractivity contribution in [2.24, 2.45) is 5.92 Å². The van der Waals surface area contributed by atoms with Crippen molar-refractivity contribution in [1.29, 1.82) is 0 Å². The first-order chi connectivity index (χ1) is 9.52. The van der Waals surface area contributed by atoms with Crippen LogP contribution in [0.1, 0.15) is 35.7 Å². The van der Waals surface area contributed by atoms with Crippen molar-refractivity contribution in [1.82, 2.24) is 0 Å². The summed E-state index contributed by atoms with van der Waals surface area (Å²) in [6.07, 6.45) is 11.6. The lowest BCUT2D eigenvalue weighted by molar-refractivity contribution is 0.0946. The molecule has 1 N–H and O–H groups in total. The number of hydrogen-bond acceptors (Lipinski definition) is 2. The zero-order chi connectivity index (χ0) is 14.7. The fourth-order valence-corrected chi connectivity index (χ4v) is 2.76. The van der Waals surface area contributed by atoms with Crippen LogP contribution in [0.5, 0.6) is 5.75 Å². The minimum Gasteiger partial charge on any atom is -0.506 e. The summed E-state index contributed by atoms with van der Waals surface area (Å²) in [5.74, 6) is -0.121. The zero-order valence-electron chi connectivity index (χ0n) is 11.2. The first-order valence-electron chi connectivity index (χ1n) is 6.58. The number of allylic oxidation sites excluding steroid dienone is 4. The Morgan fingerprint density at radius 3 is 2.25 bits per heavy atom. The van der Waals surface area contributed by atoms with Crippen LogP contribution in [0.2, 0.25) is 10.0 Å². The van der Waals surface area contributed by atoms with Gasteiger partial charge in [-0.2, -0.15) is 0 Å². The van der Waals surface area contributed by atoms with Gasteiger partial charge >= 0.3 is 0 Å². The second kappa shape index (κ2) is 6.47. The van der Waals surface area contributed by atoms with Gasteiger partial charge in [0.15, 0.2) is 5.78 Å². The van der Waals surface area contributed by atoms with Crippen molar-refractivity contribution >= 4 is 29.0 Å². The maximum absolute atomic E-state index is 11.7. The van der Waals surface area contributed by atoms with Gasteiger partial charge in [-0.25, -0.2) is 0 Å². The van der Waals surface area contributed by atoms with Crippen LogP contribution in [-0.2, 0) is 6.42 Å². The van der Waals surface area contributed by atoms with E-state index < -0.39 is 0 Å². The Balaban J connectivity index is 0.000000205. The highest BCUT2D eigenvalue weighted by molar-refractivity contribution is 6.45. The molecule has 2 aliphatic carbocycles. The third kappa shape index (κ3) is 3.08. The van der Waals surface area contributed by atoms with Gasteiger partial charge in [-0.1, -0.05) is 54.4 Å². The molecule has 0 amide bonds. The van der Waals surface area contributed by atoms with Crippen LogP contribution in [0.15, 0.2) is 30.4 Å². The Labute approximate surface area is 128 Å². The van der Waals surface area contributed by atoms with Crippen LogP contribution in [-0.4, -0.2) is 10.9 Å². The third-order valence-electron chi connectivity index (χ3n) is 3.37. The van der Waals surface area contributed by atoms with Gasteiger partial charge in [0.2, 0.25) is 0 Å². The zero-order valence-corrected chi connectivity index (χ0v) is 12.7. The van der Waals surface area contributed by atoms with Crippen molar-refractivity contribution in [3.63, 3.8) is 0 Å². The Hall–Kier alpha value is -1.25. The van der Waals surface area contributed by atoms with Gasteiger partial charge in [0.05, 0.1) is 5.02 Å². The van der Waals surface area contributed by atoms with E-state index in [9.17, 15) is 9.90 Å². The maximum atomic E-state index is 11.7. The van der Waals surface area contributed by atoms with Crippen molar-refractivity contribution in [3.8, 4) is 5.75 Å². The van der Waals surface area contributed by atoms with E-state index in [1.807, 2.05) is 6.92 Å². The highest BCUT2D eigenvalue weighted by atomic mass is 35.5. The summed E-state index contributed by atoms with van der Waals surface area (Å²) in [6, 6.07) is 1.52. The average Bonchev–Trinajstić information content (AvgIpc) is 2.74. The van der Waals surface area contributed by atoms with Crippen molar-refractivity contribution in [3.05, 3.63) is 51.5 Å². The number of rotatable bonds is 0. The molecular formula is C16H16Cl2O2.